The van der Waals surface area contributed by atoms with Crippen LogP contribution in [0.1, 0.15) is 22.6 Å². The van der Waals surface area contributed by atoms with Crippen LogP contribution in [0.15, 0.2) is 58.2 Å². The number of ether oxygens (including phenoxy) is 1. The number of rotatable bonds is 9. The molecule has 0 atom stereocenters. The molecule has 0 aliphatic carbocycles. The van der Waals surface area contributed by atoms with E-state index >= 15 is 0 Å². The highest BCUT2D eigenvalue weighted by Crippen LogP contribution is 2.19. The first-order valence-corrected chi connectivity index (χ1v) is 10.0. The number of aryl methyl sites for hydroxylation is 1. The van der Waals surface area contributed by atoms with E-state index in [0.29, 0.717) is 24.1 Å². The van der Waals surface area contributed by atoms with Gasteiger partial charge < -0.3 is 14.5 Å². The standard InChI is InChI=1S/C21H23N3O3S/c1-15-5-3-4-6-17(15)11-12-22-19(25)14-28-21-24-23-20(27-21)13-16-7-9-18(26-2)10-8-16/h3-10H,11-14H2,1-2H3,(H,22,25). The van der Waals surface area contributed by atoms with E-state index in [-0.39, 0.29) is 11.7 Å². The third kappa shape index (κ3) is 5.85. The van der Waals surface area contributed by atoms with Crippen LogP contribution in [-0.2, 0) is 17.6 Å². The summed E-state index contributed by atoms with van der Waals surface area (Å²) in [5, 5.41) is 11.4. The second-order valence-electron chi connectivity index (χ2n) is 6.30. The second kappa shape index (κ2) is 9.94. The fourth-order valence-electron chi connectivity index (χ4n) is 2.69. The summed E-state index contributed by atoms with van der Waals surface area (Å²) in [6.45, 7) is 2.68. The average molecular weight is 398 g/mol. The predicted octanol–water partition coefficient (Wildman–Crippen LogP) is 3.43. The van der Waals surface area contributed by atoms with Crippen molar-refractivity contribution in [1.29, 1.82) is 0 Å². The van der Waals surface area contributed by atoms with E-state index in [9.17, 15) is 4.79 Å². The van der Waals surface area contributed by atoms with Crippen LogP contribution in [0.25, 0.3) is 0 Å². The number of amides is 1. The minimum absolute atomic E-state index is 0.0477. The Morgan fingerprint density at radius 2 is 1.93 bits per heavy atom. The summed E-state index contributed by atoms with van der Waals surface area (Å²) in [5.74, 6) is 1.53. The molecular formula is C21H23N3O3S. The van der Waals surface area contributed by atoms with Gasteiger partial charge >= 0.3 is 0 Å². The average Bonchev–Trinajstić information content (AvgIpc) is 3.16. The van der Waals surface area contributed by atoms with Gasteiger partial charge in [-0.1, -0.05) is 48.2 Å². The molecule has 0 bridgehead atoms. The fourth-order valence-corrected chi connectivity index (χ4v) is 3.30. The Morgan fingerprint density at radius 3 is 2.68 bits per heavy atom. The van der Waals surface area contributed by atoms with E-state index < -0.39 is 0 Å². The molecule has 0 radical (unpaired) electrons. The number of carbonyl (C=O) groups excluding carboxylic acids is 1. The maximum absolute atomic E-state index is 12.0. The largest absolute Gasteiger partial charge is 0.497 e. The SMILES string of the molecule is COc1ccc(Cc2nnc(SCC(=O)NCCc3ccccc3C)o2)cc1. The summed E-state index contributed by atoms with van der Waals surface area (Å²) in [6, 6.07) is 15.9. The zero-order chi connectivity index (χ0) is 19.8. The van der Waals surface area contributed by atoms with E-state index in [1.165, 1.54) is 22.9 Å². The van der Waals surface area contributed by atoms with Crippen molar-refractivity contribution < 1.29 is 13.9 Å². The van der Waals surface area contributed by atoms with Gasteiger partial charge in [0.2, 0.25) is 11.8 Å². The second-order valence-corrected chi connectivity index (χ2v) is 7.23. The van der Waals surface area contributed by atoms with E-state index in [0.717, 1.165) is 17.7 Å². The molecule has 1 amide bonds. The molecule has 0 unspecified atom stereocenters. The number of benzene rings is 2. The lowest BCUT2D eigenvalue weighted by atomic mass is 10.1. The summed E-state index contributed by atoms with van der Waals surface area (Å²) in [6.07, 6.45) is 1.36. The van der Waals surface area contributed by atoms with Crippen LogP contribution >= 0.6 is 11.8 Å². The third-order valence-electron chi connectivity index (χ3n) is 4.27. The number of methoxy groups -OCH3 is 1. The van der Waals surface area contributed by atoms with E-state index in [4.69, 9.17) is 9.15 Å². The van der Waals surface area contributed by atoms with Crippen LogP contribution < -0.4 is 10.1 Å². The van der Waals surface area contributed by atoms with Crippen LogP contribution in [0.3, 0.4) is 0 Å². The van der Waals surface area contributed by atoms with Gasteiger partial charge in [0.05, 0.1) is 19.3 Å². The minimum Gasteiger partial charge on any atom is -0.497 e. The molecule has 0 spiro atoms. The molecule has 0 fully saturated rings. The quantitative estimate of drug-likeness (QED) is 0.558. The van der Waals surface area contributed by atoms with Crippen molar-refractivity contribution in [3.05, 3.63) is 71.1 Å². The molecule has 3 rings (SSSR count). The molecule has 7 heteroatoms. The zero-order valence-electron chi connectivity index (χ0n) is 16.0. The van der Waals surface area contributed by atoms with Crippen molar-refractivity contribution in [2.45, 2.75) is 25.0 Å². The molecule has 0 saturated heterocycles. The maximum Gasteiger partial charge on any atom is 0.277 e. The van der Waals surface area contributed by atoms with Crippen molar-refractivity contribution in [2.24, 2.45) is 0 Å². The first-order valence-electron chi connectivity index (χ1n) is 9.03. The Bertz CT molecular complexity index is 909. The summed E-state index contributed by atoms with van der Waals surface area (Å²) in [5.41, 5.74) is 3.53. The van der Waals surface area contributed by atoms with Gasteiger partial charge in [-0.05, 0) is 42.2 Å². The normalized spacial score (nSPS) is 10.6. The highest BCUT2D eigenvalue weighted by atomic mass is 32.2. The third-order valence-corrected chi connectivity index (χ3v) is 5.09. The molecule has 0 aliphatic heterocycles. The van der Waals surface area contributed by atoms with Crippen molar-refractivity contribution in [2.75, 3.05) is 19.4 Å². The van der Waals surface area contributed by atoms with Crippen LogP contribution in [0.5, 0.6) is 5.75 Å². The molecule has 1 heterocycles. The highest BCUT2D eigenvalue weighted by molar-refractivity contribution is 7.99. The smallest absolute Gasteiger partial charge is 0.277 e. The molecule has 0 aliphatic rings. The Morgan fingerprint density at radius 1 is 1.14 bits per heavy atom. The molecule has 6 nitrogen and oxygen atoms in total. The topological polar surface area (TPSA) is 77.2 Å². The van der Waals surface area contributed by atoms with Crippen LogP contribution in [0.2, 0.25) is 0 Å². The van der Waals surface area contributed by atoms with E-state index in [2.05, 4.69) is 34.6 Å². The van der Waals surface area contributed by atoms with Gasteiger partial charge in [-0.2, -0.15) is 0 Å². The van der Waals surface area contributed by atoms with Gasteiger partial charge in [0.25, 0.3) is 5.22 Å². The fraction of sp³-hybridized carbons (Fsp3) is 0.286. The molecule has 3 aromatic rings. The number of thioether (sulfide) groups is 1. The monoisotopic (exact) mass is 397 g/mol. The van der Waals surface area contributed by atoms with E-state index in [1.807, 2.05) is 36.4 Å². The van der Waals surface area contributed by atoms with Crippen molar-refractivity contribution in [3.63, 3.8) is 0 Å². The lowest BCUT2D eigenvalue weighted by molar-refractivity contribution is -0.118. The van der Waals surface area contributed by atoms with Crippen LogP contribution in [-0.4, -0.2) is 35.5 Å². The van der Waals surface area contributed by atoms with E-state index in [1.54, 1.807) is 7.11 Å². The Labute approximate surface area is 168 Å². The summed E-state index contributed by atoms with van der Waals surface area (Å²) in [7, 11) is 1.63. The number of aromatic nitrogens is 2. The van der Waals surface area contributed by atoms with Gasteiger partial charge in [-0.3, -0.25) is 4.79 Å². The Kier molecular flexibility index (Phi) is 7.08. The van der Waals surface area contributed by atoms with Crippen LogP contribution in [0.4, 0.5) is 0 Å². The molecular weight excluding hydrogens is 374 g/mol. The molecule has 146 valence electrons. The first kappa shape index (κ1) is 19.9. The highest BCUT2D eigenvalue weighted by Gasteiger charge is 2.10. The predicted molar refractivity (Wildman–Crippen MR) is 109 cm³/mol. The van der Waals surface area contributed by atoms with Gasteiger partial charge in [0.15, 0.2) is 0 Å². The van der Waals surface area contributed by atoms with Crippen molar-refractivity contribution in [3.8, 4) is 5.75 Å². The number of hydrogen-bond donors (Lipinski definition) is 1. The minimum atomic E-state index is -0.0477. The summed E-state index contributed by atoms with van der Waals surface area (Å²) in [4.78, 5) is 12.0. The summed E-state index contributed by atoms with van der Waals surface area (Å²) < 4.78 is 10.8. The Hall–Kier alpha value is -2.80. The molecule has 2 aromatic carbocycles. The molecule has 1 aromatic heterocycles. The number of hydrogen-bond acceptors (Lipinski definition) is 6. The van der Waals surface area contributed by atoms with Crippen LogP contribution in [0, 0.1) is 6.92 Å². The number of nitrogens with zero attached hydrogens (tertiary/aromatic N) is 2. The van der Waals surface area contributed by atoms with Gasteiger partial charge in [-0.15, -0.1) is 10.2 Å². The lowest BCUT2D eigenvalue weighted by Crippen LogP contribution is -2.27. The molecule has 1 N–H and O–H groups in total. The van der Waals surface area contributed by atoms with Gasteiger partial charge in [0.1, 0.15) is 5.75 Å². The first-order chi connectivity index (χ1) is 13.6. The number of carbonyl (C=O) groups is 1. The van der Waals surface area contributed by atoms with Crippen molar-refractivity contribution in [1.82, 2.24) is 15.5 Å². The van der Waals surface area contributed by atoms with Gasteiger partial charge in [0, 0.05) is 6.54 Å². The van der Waals surface area contributed by atoms with Crippen molar-refractivity contribution >= 4 is 17.7 Å². The molecule has 28 heavy (non-hydrogen) atoms. The number of nitrogens with one attached hydrogen (secondary N) is 1. The lowest BCUT2D eigenvalue weighted by Gasteiger charge is -2.06. The summed E-state index contributed by atoms with van der Waals surface area (Å²) >= 11 is 1.24. The Balaban J connectivity index is 1.41. The van der Waals surface area contributed by atoms with Gasteiger partial charge in [-0.25, -0.2) is 0 Å². The zero-order valence-corrected chi connectivity index (χ0v) is 16.8. The maximum atomic E-state index is 12.0. The molecule has 0 saturated carbocycles.